The molecule has 0 aliphatic rings. The molecule has 1 heterocycles. The van der Waals surface area contributed by atoms with E-state index in [4.69, 9.17) is 0 Å². The fourth-order valence-electron chi connectivity index (χ4n) is 2.20. The maximum absolute atomic E-state index is 14.1. The molecule has 0 saturated carbocycles. The van der Waals surface area contributed by atoms with Crippen molar-refractivity contribution in [1.82, 2.24) is 14.5 Å². The second-order valence-electron chi connectivity index (χ2n) is 5.30. The van der Waals surface area contributed by atoms with Crippen molar-refractivity contribution in [2.24, 2.45) is 4.99 Å². The van der Waals surface area contributed by atoms with Crippen LogP contribution in [0.1, 0.15) is 0 Å². The molecule has 2 aromatic carbocycles. The van der Waals surface area contributed by atoms with Crippen molar-refractivity contribution in [1.29, 1.82) is 0 Å². The molecule has 0 spiro atoms. The maximum Gasteiger partial charge on any atom is 0.354 e. The van der Waals surface area contributed by atoms with Gasteiger partial charge in [0.05, 0.1) is 18.2 Å². The molecule has 0 unspecified atom stereocenters. The standard InChI is InChI=1S/C17H15FN4O/c1-21(2)11-19-16-15(18)10-22(17(23)20-16)14-8-7-12-5-3-4-6-13(12)9-14/h3-11H,1-2H3. The van der Waals surface area contributed by atoms with Gasteiger partial charge >= 0.3 is 5.69 Å². The van der Waals surface area contributed by atoms with Crippen LogP contribution in [0.5, 0.6) is 0 Å². The van der Waals surface area contributed by atoms with Gasteiger partial charge in [-0.2, -0.15) is 4.98 Å². The summed E-state index contributed by atoms with van der Waals surface area (Å²) in [4.78, 5) is 21.4. The van der Waals surface area contributed by atoms with Crippen molar-refractivity contribution < 1.29 is 4.39 Å². The smallest absolute Gasteiger partial charge is 0.354 e. The first-order valence-corrected chi connectivity index (χ1v) is 7.03. The Hall–Kier alpha value is -3.02. The van der Waals surface area contributed by atoms with Gasteiger partial charge in [0, 0.05) is 14.1 Å². The van der Waals surface area contributed by atoms with Gasteiger partial charge in [0.2, 0.25) is 0 Å². The zero-order valence-electron chi connectivity index (χ0n) is 12.8. The Labute approximate surface area is 132 Å². The number of aliphatic imine (C=N–C) groups is 1. The summed E-state index contributed by atoms with van der Waals surface area (Å²) >= 11 is 0. The van der Waals surface area contributed by atoms with Crippen LogP contribution in [-0.2, 0) is 0 Å². The zero-order valence-corrected chi connectivity index (χ0v) is 12.8. The molecular formula is C17H15FN4O. The van der Waals surface area contributed by atoms with Gasteiger partial charge < -0.3 is 4.90 Å². The van der Waals surface area contributed by atoms with E-state index in [1.165, 1.54) is 10.9 Å². The van der Waals surface area contributed by atoms with Gasteiger partial charge in [-0.25, -0.2) is 14.2 Å². The fourth-order valence-corrected chi connectivity index (χ4v) is 2.20. The third kappa shape index (κ3) is 3.11. The molecule has 6 heteroatoms. The van der Waals surface area contributed by atoms with E-state index < -0.39 is 11.5 Å². The average Bonchev–Trinajstić information content (AvgIpc) is 2.54. The van der Waals surface area contributed by atoms with Crippen LogP contribution in [0, 0.1) is 5.82 Å². The third-order valence-corrected chi connectivity index (χ3v) is 3.29. The maximum atomic E-state index is 14.1. The number of hydrogen-bond donors (Lipinski definition) is 0. The lowest BCUT2D eigenvalue weighted by atomic mass is 10.1. The number of fused-ring (bicyclic) bond motifs is 1. The van der Waals surface area contributed by atoms with Gasteiger partial charge in [0.1, 0.15) is 0 Å². The lowest BCUT2D eigenvalue weighted by Gasteiger charge is -2.08. The van der Waals surface area contributed by atoms with Crippen molar-refractivity contribution in [3.05, 3.63) is 65.0 Å². The van der Waals surface area contributed by atoms with E-state index in [-0.39, 0.29) is 5.82 Å². The Morgan fingerprint density at radius 1 is 1.17 bits per heavy atom. The van der Waals surface area contributed by atoms with E-state index in [2.05, 4.69) is 9.98 Å². The van der Waals surface area contributed by atoms with E-state index in [1.54, 1.807) is 25.1 Å². The van der Waals surface area contributed by atoms with Crippen LogP contribution in [0.4, 0.5) is 10.2 Å². The van der Waals surface area contributed by atoms with Gasteiger partial charge in [-0.3, -0.25) is 4.57 Å². The van der Waals surface area contributed by atoms with Gasteiger partial charge in [-0.1, -0.05) is 30.3 Å². The Bertz CT molecular complexity index is 947. The predicted octanol–water partition coefficient (Wildman–Crippen LogP) is 2.75. The molecule has 1 aromatic heterocycles. The summed E-state index contributed by atoms with van der Waals surface area (Å²) in [5.41, 5.74) is -0.0178. The highest BCUT2D eigenvalue weighted by Crippen LogP contribution is 2.19. The van der Waals surface area contributed by atoms with Crippen molar-refractivity contribution >= 4 is 22.9 Å². The van der Waals surface area contributed by atoms with Gasteiger partial charge in [-0.05, 0) is 22.9 Å². The minimum Gasteiger partial charge on any atom is -0.369 e. The van der Waals surface area contributed by atoms with Crippen molar-refractivity contribution in [3.8, 4) is 5.69 Å². The average molecular weight is 310 g/mol. The van der Waals surface area contributed by atoms with Crippen molar-refractivity contribution in [2.75, 3.05) is 14.1 Å². The summed E-state index contributed by atoms with van der Waals surface area (Å²) in [5.74, 6) is -0.878. The van der Waals surface area contributed by atoms with E-state index >= 15 is 0 Å². The summed E-state index contributed by atoms with van der Waals surface area (Å²) in [6.45, 7) is 0. The first kappa shape index (κ1) is 14.9. The minimum atomic E-state index is -0.657. The molecule has 5 nitrogen and oxygen atoms in total. The molecule has 3 aromatic rings. The molecular weight excluding hydrogens is 295 g/mol. The summed E-state index contributed by atoms with van der Waals surface area (Å²) < 4.78 is 15.3. The van der Waals surface area contributed by atoms with Gasteiger partial charge in [0.15, 0.2) is 11.6 Å². The highest BCUT2D eigenvalue weighted by atomic mass is 19.1. The molecule has 3 rings (SSSR count). The topological polar surface area (TPSA) is 50.5 Å². The Balaban J connectivity index is 2.08. The molecule has 0 amide bonds. The third-order valence-electron chi connectivity index (χ3n) is 3.29. The normalized spacial score (nSPS) is 11.3. The Kier molecular flexibility index (Phi) is 3.89. The molecule has 0 saturated heterocycles. The summed E-state index contributed by atoms with van der Waals surface area (Å²) in [7, 11) is 3.50. The number of halogens is 1. The van der Waals surface area contributed by atoms with E-state index in [1.807, 2.05) is 36.4 Å². The quantitative estimate of drug-likeness (QED) is 0.552. The Morgan fingerprint density at radius 2 is 1.91 bits per heavy atom. The van der Waals surface area contributed by atoms with E-state index in [9.17, 15) is 9.18 Å². The molecule has 116 valence electrons. The van der Waals surface area contributed by atoms with Crippen LogP contribution >= 0.6 is 0 Å². The zero-order chi connectivity index (χ0) is 16.4. The molecule has 0 fully saturated rings. The van der Waals surface area contributed by atoms with Gasteiger partial charge in [-0.15, -0.1) is 0 Å². The molecule has 0 bridgehead atoms. The lowest BCUT2D eigenvalue weighted by molar-refractivity contribution is 0.601. The van der Waals surface area contributed by atoms with Crippen LogP contribution in [0.3, 0.4) is 0 Å². The largest absolute Gasteiger partial charge is 0.369 e. The van der Waals surface area contributed by atoms with Crippen LogP contribution in [-0.4, -0.2) is 34.9 Å². The van der Waals surface area contributed by atoms with E-state index in [0.717, 1.165) is 17.0 Å². The van der Waals surface area contributed by atoms with E-state index in [0.29, 0.717) is 5.69 Å². The molecule has 0 radical (unpaired) electrons. The number of nitrogens with zero attached hydrogens (tertiary/aromatic N) is 4. The summed E-state index contributed by atoms with van der Waals surface area (Å²) in [6.07, 6.45) is 2.51. The highest BCUT2D eigenvalue weighted by molar-refractivity contribution is 5.84. The molecule has 0 aliphatic carbocycles. The van der Waals surface area contributed by atoms with Crippen molar-refractivity contribution in [3.63, 3.8) is 0 Å². The molecule has 0 N–H and O–H groups in total. The first-order valence-electron chi connectivity index (χ1n) is 7.03. The highest BCUT2D eigenvalue weighted by Gasteiger charge is 2.09. The van der Waals surface area contributed by atoms with Crippen LogP contribution in [0.25, 0.3) is 16.5 Å². The summed E-state index contributed by atoms with van der Waals surface area (Å²) in [5, 5.41) is 2.01. The Morgan fingerprint density at radius 3 is 2.65 bits per heavy atom. The summed E-state index contributed by atoms with van der Waals surface area (Å²) in [6, 6.07) is 13.2. The number of aromatic nitrogens is 2. The first-order chi connectivity index (χ1) is 11.0. The number of benzene rings is 2. The minimum absolute atomic E-state index is 0.222. The predicted molar refractivity (Wildman–Crippen MR) is 89.1 cm³/mol. The molecule has 23 heavy (non-hydrogen) atoms. The second-order valence-corrected chi connectivity index (χ2v) is 5.30. The van der Waals surface area contributed by atoms with Crippen LogP contribution < -0.4 is 5.69 Å². The number of hydrogen-bond acceptors (Lipinski definition) is 3. The SMILES string of the molecule is CN(C)C=Nc1nc(=O)n(-c2ccc3ccccc3c2)cc1F. The van der Waals surface area contributed by atoms with Gasteiger partial charge in [0.25, 0.3) is 0 Å². The second kappa shape index (κ2) is 6.00. The van der Waals surface area contributed by atoms with Crippen LogP contribution in [0.2, 0.25) is 0 Å². The van der Waals surface area contributed by atoms with Crippen LogP contribution in [0.15, 0.2) is 58.4 Å². The molecule has 0 aliphatic heterocycles. The molecule has 0 atom stereocenters. The number of rotatable bonds is 3. The monoisotopic (exact) mass is 310 g/mol. The fraction of sp³-hybridized carbons (Fsp3) is 0.118. The van der Waals surface area contributed by atoms with Crippen molar-refractivity contribution in [2.45, 2.75) is 0 Å². The lowest BCUT2D eigenvalue weighted by Crippen LogP contribution is -2.21.